The molecule has 5 nitrogen and oxygen atoms in total. The van der Waals surface area contributed by atoms with Crippen LogP contribution in [0.3, 0.4) is 0 Å². The number of likely N-dealkylation sites (tertiary alicyclic amines) is 1. The van der Waals surface area contributed by atoms with Gasteiger partial charge in [-0.3, -0.25) is 0 Å². The van der Waals surface area contributed by atoms with Gasteiger partial charge in [0, 0.05) is 19.6 Å². The molecular weight excluding hydrogens is 216 g/mol. The summed E-state index contributed by atoms with van der Waals surface area (Å²) < 4.78 is 5.52. The lowest BCUT2D eigenvalue weighted by molar-refractivity contribution is 0.249. The molecule has 2 rings (SSSR count). The first-order chi connectivity index (χ1) is 8.20. The number of rotatable bonds is 4. The van der Waals surface area contributed by atoms with Crippen molar-refractivity contribution in [3.8, 4) is 0 Å². The van der Waals surface area contributed by atoms with Crippen LogP contribution in [-0.2, 0) is 6.54 Å². The first-order valence-corrected chi connectivity index (χ1v) is 6.21. The highest BCUT2D eigenvalue weighted by atomic mass is 16.4. The number of hydrogen-bond acceptors (Lipinski definition) is 5. The third-order valence-corrected chi connectivity index (χ3v) is 3.44. The normalized spacial score (nSPS) is 18.5. The van der Waals surface area contributed by atoms with Gasteiger partial charge in [0.05, 0.1) is 5.69 Å². The molecule has 1 saturated heterocycles. The highest BCUT2D eigenvalue weighted by molar-refractivity contribution is 5.27. The fraction of sp³-hybridized carbons (Fsp3) is 0.750. The van der Waals surface area contributed by atoms with E-state index in [1.54, 1.807) is 6.26 Å². The zero-order chi connectivity index (χ0) is 12.3. The number of oxazole rings is 1. The molecule has 2 heterocycles. The minimum atomic E-state index is 0.548. The maximum absolute atomic E-state index is 5.52. The van der Waals surface area contributed by atoms with E-state index < -0.39 is 0 Å². The molecule has 0 bridgehead atoms. The highest BCUT2D eigenvalue weighted by Gasteiger charge is 2.23. The van der Waals surface area contributed by atoms with Crippen molar-refractivity contribution in [2.24, 2.45) is 0 Å². The molecule has 0 unspecified atom stereocenters. The first kappa shape index (κ1) is 12.4. The lowest BCUT2D eigenvalue weighted by Gasteiger charge is -2.34. The van der Waals surface area contributed by atoms with Crippen molar-refractivity contribution in [1.29, 1.82) is 0 Å². The number of aromatic nitrogens is 1. The van der Waals surface area contributed by atoms with E-state index in [1.807, 2.05) is 7.05 Å². The van der Waals surface area contributed by atoms with Crippen molar-refractivity contribution in [1.82, 2.24) is 15.2 Å². The summed E-state index contributed by atoms with van der Waals surface area (Å²) in [5.41, 5.74) is 0.960. The lowest BCUT2D eigenvalue weighted by Crippen LogP contribution is -2.42. The Morgan fingerprint density at radius 1 is 1.53 bits per heavy atom. The summed E-state index contributed by atoms with van der Waals surface area (Å²) in [4.78, 5) is 9.02. The molecule has 0 aliphatic carbocycles. The van der Waals surface area contributed by atoms with Crippen molar-refractivity contribution >= 4 is 6.01 Å². The van der Waals surface area contributed by atoms with Crippen LogP contribution in [0.2, 0.25) is 0 Å². The summed E-state index contributed by atoms with van der Waals surface area (Å²) in [7, 11) is 6.16. The van der Waals surface area contributed by atoms with E-state index in [9.17, 15) is 0 Å². The Morgan fingerprint density at radius 2 is 2.24 bits per heavy atom. The molecule has 0 aromatic carbocycles. The zero-order valence-corrected chi connectivity index (χ0v) is 10.9. The number of hydrogen-bond donors (Lipinski definition) is 1. The van der Waals surface area contributed by atoms with E-state index in [-0.39, 0.29) is 0 Å². The Morgan fingerprint density at radius 3 is 2.88 bits per heavy atom. The van der Waals surface area contributed by atoms with Gasteiger partial charge in [-0.2, -0.15) is 4.98 Å². The van der Waals surface area contributed by atoms with E-state index in [2.05, 4.69) is 34.2 Å². The van der Waals surface area contributed by atoms with Crippen molar-refractivity contribution in [2.45, 2.75) is 25.4 Å². The molecule has 1 aromatic heterocycles. The first-order valence-electron chi connectivity index (χ1n) is 6.21. The summed E-state index contributed by atoms with van der Waals surface area (Å²) in [6, 6.07) is 1.29. The SMILES string of the molecule is CNCc1coc(N(C)C2CCN(C)CC2)n1. The van der Waals surface area contributed by atoms with Gasteiger partial charge >= 0.3 is 0 Å². The van der Waals surface area contributed by atoms with Crippen LogP contribution in [0.25, 0.3) is 0 Å². The maximum Gasteiger partial charge on any atom is 0.297 e. The van der Waals surface area contributed by atoms with Crippen LogP contribution in [0, 0.1) is 0 Å². The van der Waals surface area contributed by atoms with Gasteiger partial charge in [0.15, 0.2) is 0 Å². The Hall–Kier alpha value is -1.07. The highest BCUT2D eigenvalue weighted by Crippen LogP contribution is 2.20. The zero-order valence-electron chi connectivity index (χ0n) is 10.9. The molecule has 96 valence electrons. The van der Waals surface area contributed by atoms with Crippen molar-refractivity contribution < 1.29 is 4.42 Å². The predicted molar refractivity (Wildman–Crippen MR) is 68.2 cm³/mol. The quantitative estimate of drug-likeness (QED) is 0.845. The second kappa shape index (κ2) is 5.51. The van der Waals surface area contributed by atoms with Crippen LogP contribution in [0.4, 0.5) is 6.01 Å². The summed E-state index contributed by atoms with van der Waals surface area (Å²) in [6.07, 6.45) is 4.09. The van der Waals surface area contributed by atoms with Crippen LogP contribution in [-0.4, -0.2) is 50.2 Å². The van der Waals surface area contributed by atoms with Gasteiger partial charge in [-0.05, 0) is 40.0 Å². The molecule has 0 amide bonds. The summed E-state index contributed by atoms with van der Waals surface area (Å²) in [6.45, 7) is 3.06. The van der Waals surface area contributed by atoms with Gasteiger partial charge in [-0.1, -0.05) is 0 Å². The molecule has 0 spiro atoms. The number of nitrogens with one attached hydrogen (secondary N) is 1. The molecule has 5 heteroatoms. The van der Waals surface area contributed by atoms with E-state index in [0.29, 0.717) is 6.04 Å². The monoisotopic (exact) mass is 238 g/mol. The number of nitrogens with zero attached hydrogens (tertiary/aromatic N) is 3. The molecule has 1 fully saturated rings. The van der Waals surface area contributed by atoms with Gasteiger partial charge in [0.1, 0.15) is 6.26 Å². The molecule has 1 aromatic rings. The number of piperidine rings is 1. The molecule has 17 heavy (non-hydrogen) atoms. The van der Waals surface area contributed by atoms with Crippen LogP contribution < -0.4 is 10.2 Å². The third-order valence-electron chi connectivity index (χ3n) is 3.44. The Balaban J connectivity index is 1.96. The number of anilines is 1. The predicted octanol–water partition coefficient (Wildman–Crippen LogP) is 0.924. The summed E-state index contributed by atoms with van der Waals surface area (Å²) in [5.74, 6) is 0. The fourth-order valence-electron chi connectivity index (χ4n) is 2.26. The minimum absolute atomic E-state index is 0.548. The maximum atomic E-state index is 5.52. The van der Waals surface area contributed by atoms with Gasteiger partial charge in [-0.25, -0.2) is 0 Å². The molecule has 1 aliphatic rings. The van der Waals surface area contributed by atoms with Crippen LogP contribution >= 0.6 is 0 Å². The smallest absolute Gasteiger partial charge is 0.297 e. The second-order valence-corrected chi connectivity index (χ2v) is 4.80. The average Bonchev–Trinajstić information content (AvgIpc) is 2.78. The van der Waals surface area contributed by atoms with Gasteiger partial charge in [-0.15, -0.1) is 0 Å². The summed E-state index contributed by atoms with van der Waals surface area (Å²) >= 11 is 0. The second-order valence-electron chi connectivity index (χ2n) is 4.80. The van der Waals surface area contributed by atoms with Gasteiger partial charge in [0.2, 0.25) is 0 Å². The van der Waals surface area contributed by atoms with Crippen molar-refractivity contribution in [2.75, 3.05) is 39.1 Å². The van der Waals surface area contributed by atoms with Gasteiger partial charge in [0.25, 0.3) is 6.01 Å². The summed E-state index contributed by atoms with van der Waals surface area (Å²) in [5, 5.41) is 3.07. The van der Waals surface area contributed by atoms with E-state index in [1.165, 1.54) is 12.8 Å². The van der Waals surface area contributed by atoms with E-state index in [4.69, 9.17) is 4.42 Å². The molecule has 0 atom stereocenters. The molecule has 1 N–H and O–H groups in total. The van der Waals surface area contributed by atoms with E-state index >= 15 is 0 Å². The van der Waals surface area contributed by atoms with Crippen LogP contribution in [0.1, 0.15) is 18.5 Å². The topological polar surface area (TPSA) is 44.5 Å². The molecule has 0 radical (unpaired) electrons. The molecule has 1 aliphatic heterocycles. The minimum Gasteiger partial charge on any atom is -0.432 e. The van der Waals surface area contributed by atoms with Crippen molar-refractivity contribution in [3.05, 3.63) is 12.0 Å². The van der Waals surface area contributed by atoms with Crippen LogP contribution in [0.15, 0.2) is 10.7 Å². The largest absolute Gasteiger partial charge is 0.432 e. The fourth-order valence-corrected chi connectivity index (χ4v) is 2.26. The van der Waals surface area contributed by atoms with Crippen LogP contribution in [0.5, 0.6) is 0 Å². The lowest BCUT2D eigenvalue weighted by atomic mass is 10.0. The van der Waals surface area contributed by atoms with E-state index in [0.717, 1.165) is 31.3 Å². The Kier molecular flexibility index (Phi) is 4.02. The Bertz CT molecular complexity index is 344. The average molecular weight is 238 g/mol. The third kappa shape index (κ3) is 2.98. The van der Waals surface area contributed by atoms with Gasteiger partial charge < -0.3 is 19.5 Å². The molecule has 0 saturated carbocycles. The van der Waals surface area contributed by atoms with Crippen molar-refractivity contribution in [3.63, 3.8) is 0 Å². The Labute approximate surface area is 103 Å². The molecular formula is C12H22N4O. The standard InChI is InChI=1S/C12H22N4O/c1-13-8-10-9-17-12(14-10)16(3)11-4-6-15(2)7-5-11/h9,11,13H,4-8H2,1-3H3.